The minimum Gasteiger partial charge on any atom is -0.324 e. The van der Waals surface area contributed by atoms with Crippen molar-refractivity contribution in [3.63, 3.8) is 0 Å². The summed E-state index contributed by atoms with van der Waals surface area (Å²) in [6.45, 7) is 11.9. The van der Waals surface area contributed by atoms with Gasteiger partial charge in [0.05, 0.1) is 16.4 Å². The highest BCUT2D eigenvalue weighted by Crippen LogP contribution is 2.42. The van der Waals surface area contributed by atoms with E-state index in [0.717, 1.165) is 35.8 Å². The molecule has 1 aliphatic rings. The second-order valence-electron chi connectivity index (χ2n) is 7.31. The maximum atomic E-state index is 6.93. The van der Waals surface area contributed by atoms with Gasteiger partial charge in [-0.2, -0.15) is 5.10 Å². The normalized spacial score (nSPS) is 30.1. The van der Waals surface area contributed by atoms with Crippen LogP contribution in [0.1, 0.15) is 58.3 Å². The van der Waals surface area contributed by atoms with E-state index < -0.39 is 0 Å². The number of aromatic nitrogens is 2. The third-order valence-electron chi connectivity index (χ3n) is 5.19. The first-order valence-corrected chi connectivity index (χ1v) is 8.67. The smallest absolute Gasteiger partial charge is 0.0847 e. The van der Waals surface area contributed by atoms with Gasteiger partial charge in [0.1, 0.15) is 0 Å². The number of nitrogens with two attached hydrogens (primary N) is 1. The molecule has 1 saturated carbocycles. The molecule has 0 saturated heterocycles. The summed E-state index contributed by atoms with van der Waals surface area (Å²) >= 11 is 6.50. The molecule has 4 heteroatoms. The topological polar surface area (TPSA) is 43.8 Å². The van der Waals surface area contributed by atoms with Crippen LogP contribution < -0.4 is 5.73 Å². The van der Waals surface area contributed by atoms with Crippen LogP contribution in [-0.4, -0.2) is 15.3 Å². The second-order valence-corrected chi connectivity index (χ2v) is 7.69. The highest BCUT2D eigenvalue weighted by atomic mass is 35.5. The fourth-order valence-electron chi connectivity index (χ4n) is 4.20. The van der Waals surface area contributed by atoms with Crippen molar-refractivity contribution in [1.29, 1.82) is 0 Å². The van der Waals surface area contributed by atoms with Gasteiger partial charge in [0.25, 0.3) is 0 Å². The lowest BCUT2D eigenvalue weighted by Crippen LogP contribution is -2.54. The molecular weight excluding hydrogens is 282 g/mol. The molecule has 3 atom stereocenters. The molecule has 1 fully saturated rings. The molecule has 1 heterocycles. The van der Waals surface area contributed by atoms with E-state index in [2.05, 4.69) is 32.8 Å². The van der Waals surface area contributed by atoms with E-state index in [9.17, 15) is 0 Å². The molecule has 21 heavy (non-hydrogen) atoms. The number of aryl methyl sites for hydroxylation is 2. The van der Waals surface area contributed by atoms with E-state index in [1.54, 1.807) is 0 Å². The van der Waals surface area contributed by atoms with Gasteiger partial charge < -0.3 is 5.73 Å². The zero-order chi connectivity index (χ0) is 15.8. The van der Waals surface area contributed by atoms with Gasteiger partial charge in [-0.1, -0.05) is 38.8 Å². The third kappa shape index (κ3) is 3.29. The molecule has 0 spiro atoms. The van der Waals surface area contributed by atoms with Crippen LogP contribution in [0.15, 0.2) is 0 Å². The summed E-state index contributed by atoms with van der Waals surface area (Å²) in [5.41, 5.74) is 8.81. The average molecular weight is 312 g/mol. The third-order valence-corrected chi connectivity index (χ3v) is 5.68. The summed E-state index contributed by atoms with van der Waals surface area (Å²) < 4.78 is 2.03. The molecule has 0 aliphatic heterocycles. The molecule has 3 unspecified atom stereocenters. The molecular formula is C17H30ClN3. The van der Waals surface area contributed by atoms with E-state index in [-0.39, 0.29) is 5.54 Å². The number of nitrogens with zero attached hydrogens (tertiary/aromatic N) is 2. The van der Waals surface area contributed by atoms with E-state index in [0.29, 0.717) is 17.8 Å². The molecule has 0 radical (unpaired) electrons. The maximum Gasteiger partial charge on any atom is 0.0847 e. The Morgan fingerprint density at radius 3 is 2.67 bits per heavy atom. The first-order chi connectivity index (χ1) is 9.78. The Balaban J connectivity index is 2.34. The van der Waals surface area contributed by atoms with Gasteiger partial charge in [-0.05, 0) is 44.4 Å². The summed E-state index contributed by atoms with van der Waals surface area (Å²) in [5, 5.41) is 5.35. The van der Waals surface area contributed by atoms with Crippen LogP contribution in [0.3, 0.4) is 0 Å². The second kappa shape index (κ2) is 6.29. The van der Waals surface area contributed by atoms with Crippen LogP contribution >= 0.6 is 11.6 Å². The van der Waals surface area contributed by atoms with Gasteiger partial charge in [-0.15, -0.1) is 0 Å². The molecule has 1 aromatic rings. The number of rotatable bonds is 4. The van der Waals surface area contributed by atoms with E-state index in [4.69, 9.17) is 17.3 Å². The highest BCUT2D eigenvalue weighted by molar-refractivity contribution is 6.31. The number of hydrogen-bond donors (Lipinski definition) is 1. The summed E-state index contributed by atoms with van der Waals surface area (Å²) in [4.78, 5) is 0. The summed E-state index contributed by atoms with van der Waals surface area (Å²) in [7, 11) is 0. The van der Waals surface area contributed by atoms with Crippen molar-refractivity contribution in [2.75, 3.05) is 0 Å². The molecule has 1 aliphatic carbocycles. The summed E-state index contributed by atoms with van der Waals surface area (Å²) in [5.74, 6) is 1.87. The maximum absolute atomic E-state index is 6.93. The van der Waals surface area contributed by atoms with Crippen molar-refractivity contribution in [3.05, 3.63) is 16.4 Å². The van der Waals surface area contributed by atoms with Crippen LogP contribution in [-0.2, 0) is 13.0 Å². The molecule has 0 bridgehead atoms. The Morgan fingerprint density at radius 1 is 1.43 bits per heavy atom. The zero-order valence-corrected chi connectivity index (χ0v) is 14.9. The Bertz CT molecular complexity index is 494. The first kappa shape index (κ1) is 16.8. The van der Waals surface area contributed by atoms with Crippen molar-refractivity contribution in [2.24, 2.45) is 23.5 Å². The van der Waals surface area contributed by atoms with Crippen molar-refractivity contribution >= 4 is 11.6 Å². The van der Waals surface area contributed by atoms with Crippen molar-refractivity contribution < 1.29 is 0 Å². The SMILES string of the molecule is CCn1nc(C)c(Cl)c1CC1(N)CC(C)CCC1C(C)C. The molecule has 0 amide bonds. The Labute approximate surface area is 134 Å². The minimum atomic E-state index is -0.158. The fraction of sp³-hybridized carbons (Fsp3) is 0.824. The van der Waals surface area contributed by atoms with Gasteiger partial charge in [0, 0.05) is 18.5 Å². The predicted octanol–water partition coefficient (Wildman–Crippen LogP) is 4.20. The van der Waals surface area contributed by atoms with E-state index >= 15 is 0 Å². The van der Waals surface area contributed by atoms with Gasteiger partial charge in [0.15, 0.2) is 0 Å². The van der Waals surface area contributed by atoms with E-state index in [1.165, 1.54) is 12.8 Å². The van der Waals surface area contributed by atoms with Crippen LogP contribution in [0.25, 0.3) is 0 Å². The molecule has 0 aromatic carbocycles. The standard InChI is InChI=1S/C17H30ClN3/c1-6-21-15(16(18)13(5)20-21)10-17(19)9-12(4)7-8-14(17)11(2)3/h11-12,14H,6-10,19H2,1-5H3. The monoisotopic (exact) mass is 311 g/mol. The lowest BCUT2D eigenvalue weighted by Gasteiger charge is -2.46. The van der Waals surface area contributed by atoms with Gasteiger partial charge in [-0.3, -0.25) is 4.68 Å². The summed E-state index contributed by atoms with van der Waals surface area (Å²) in [6, 6.07) is 0. The van der Waals surface area contributed by atoms with Crippen molar-refractivity contribution in [3.8, 4) is 0 Å². The van der Waals surface area contributed by atoms with Gasteiger partial charge in [0.2, 0.25) is 0 Å². The van der Waals surface area contributed by atoms with Gasteiger partial charge >= 0.3 is 0 Å². The van der Waals surface area contributed by atoms with Gasteiger partial charge in [-0.25, -0.2) is 0 Å². The van der Waals surface area contributed by atoms with Crippen LogP contribution in [0.4, 0.5) is 0 Å². The first-order valence-electron chi connectivity index (χ1n) is 8.29. The lowest BCUT2D eigenvalue weighted by atomic mass is 9.64. The molecule has 120 valence electrons. The predicted molar refractivity (Wildman–Crippen MR) is 89.6 cm³/mol. The number of hydrogen-bond acceptors (Lipinski definition) is 2. The molecule has 2 rings (SSSR count). The highest BCUT2D eigenvalue weighted by Gasteiger charge is 2.42. The van der Waals surface area contributed by atoms with E-state index in [1.807, 2.05) is 11.6 Å². The Morgan fingerprint density at radius 2 is 2.10 bits per heavy atom. The molecule has 2 N–H and O–H groups in total. The van der Waals surface area contributed by atoms with Crippen LogP contribution in [0.2, 0.25) is 5.02 Å². The largest absolute Gasteiger partial charge is 0.324 e. The Hall–Kier alpha value is -0.540. The minimum absolute atomic E-state index is 0.158. The Kier molecular flexibility index (Phi) is 5.04. The molecule has 3 nitrogen and oxygen atoms in total. The van der Waals surface area contributed by atoms with Crippen LogP contribution in [0.5, 0.6) is 0 Å². The van der Waals surface area contributed by atoms with Crippen LogP contribution in [0, 0.1) is 24.7 Å². The van der Waals surface area contributed by atoms with Crippen molar-refractivity contribution in [2.45, 2.75) is 72.4 Å². The zero-order valence-electron chi connectivity index (χ0n) is 14.1. The quantitative estimate of drug-likeness (QED) is 0.905. The average Bonchev–Trinajstić information content (AvgIpc) is 2.65. The lowest BCUT2D eigenvalue weighted by molar-refractivity contribution is 0.107. The van der Waals surface area contributed by atoms with Crippen molar-refractivity contribution in [1.82, 2.24) is 9.78 Å². The molecule has 1 aromatic heterocycles. The fourth-order valence-corrected chi connectivity index (χ4v) is 4.41. The summed E-state index contributed by atoms with van der Waals surface area (Å²) in [6.07, 6.45) is 4.45. The number of halogens is 1.